The molecule has 0 aromatic rings. The first-order valence-electron chi connectivity index (χ1n) is 1.72. The second kappa shape index (κ2) is 73.0. The fourth-order valence-corrected chi connectivity index (χ4v) is 0.340. The molecule has 0 fully saturated rings. The van der Waals surface area contributed by atoms with Gasteiger partial charge in [-0.1, -0.05) is 0 Å². The van der Waals surface area contributed by atoms with Crippen LogP contribution in [0.4, 0.5) is 0 Å². The molecule has 0 unspecified atom stereocenters. The molecule has 0 spiro atoms. The van der Waals surface area contributed by atoms with Gasteiger partial charge in [-0.05, 0) is 0 Å². The molecule has 0 saturated carbocycles. The summed E-state index contributed by atoms with van der Waals surface area (Å²) >= 11 is 0. The zero-order valence-electron chi connectivity index (χ0n) is 11.3. The van der Waals surface area contributed by atoms with E-state index in [0.29, 0.717) is 0 Å². The largest absolute Gasteiger partial charge is 0.358 e. The summed E-state index contributed by atoms with van der Waals surface area (Å²) in [6, 6.07) is 0. The van der Waals surface area contributed by atoms with Crippen LogP contribution < -0.4 is 0 Å². The predicted octanol–water partition coefficient (Wildman–Crippen LogP) is 4.91. The van der Waals surface area contributed by atoms with Crippen LogP contribution >= 0.6 is 0 Å². The topological polar surface area (TPSA) is 0 Å². The molecule has 0 aromatic carbocycles. The molecule has 0 N–H and O–H groups in total. The third-order valence-corrected chi connectivity index (χ3v) is 0.586. The maximum absolute atomic E-state index is 2.99. The van der Waals surface area contributed by atoms with Gasteiger partial charge in [-0.25, -0.2) is 12.2 Å². The summed E-state index contributed by atoms with van der Waals surface area (Å²) in [5.41, 5.74) is 0. The Labute approximate surface area is 111 Å². The van der Waals surface area contributed by atoms with Gasteiger partial charge < -0.3 is 59.4 Å². The molecule has 14 heavy (non-hydrogen) atoms. The molecule has 0 atom stereocenters. The second-order valence-electron chi connectivity index (χ2n) is 1.00. The molecule has 1 aliphatic carbocycles. The molecule has 1 rings (SSSR count). The summed E-state index contributed by atoms with van der Waals surface area (Å²) < 4.78 is 0. The van der Waals surface area contributed by atoms with Crippen LogP contribution in [-0.4, -0.2) is 0 Å². The van der Waals surface area contributed by atoms with E-state index in [1.54, 1.807) is 0 Å². The number of hydrogen-bond donors (Lipinski definition) is 0. The van der Waals surface area contributed by atoms with Crippen molar-refractivity contribution in [1.29, 1.82) is 0 Å². The average molecular weight is 380 g/mol. The van der Waals surface area contributed by atoms with Gasteiger partial charge in [0, 0.05) is 21.1 Å². The van der Waals surface area contributed by atoms with Crippen LogP contribution in [0.1, 0.15) is 6.42 Å². The van der Waals surface area contributed by atoms with Crippen molar-refractivity contribution in [1.82, 2.24) is 0 Å². The third kappa shape index (κ3) is 56.8. The zero-order chi connectivity index (χ0) is 3.54. The standard InChI is InChI=1S/C5H5.8CH3.Pt/c1-2-4-5-3-1;;;;;;;;;/h1-3H,4H2;8*1H3;/q9*-1;. The number of hydrogen-bond acceptors (Lipinski definition) is 0. The fraction of sp³-hybridized carbons (Fsp3) is 0.0769. The molecule has 0 bridgehead atoms. The summed E-state index contributed by atoms with van der Waals surface area (Å²) in [4.78, 5) is 0. The van der Waals surface area contributed by atoms with Gasteiger partial charge in [0.1, 0.15) is 0 Å². The zero-order valence-corrected chi connectivity index (χ0v) is 13.5. The molecule has 0 aliphatic heterocycles. The fourth-order valence-electron chi connectivity index (χ4n) is 0.340. The quantitative estimate of drug-likeness (QED) is 0.524. The van der Waals surface area contributed by atoms with Crippen molar-refractivity contribution in [2.45, 2.75) is 6.42 Å². The Balaban J connectivity index is -0.00000000397. The van der Waals surface area contributed by atoms with E-state index in [0.717, 1.165) is 6.42 Å². The Hall–Kier alpha value is 0.168. The van der Waals surface area contributed by atoms with E-state index < -0.39 is 0 Å². The SMILES string of the molecule is [C-]1=CC=CC1.[CH3-].[CH3-].[CH3-].[CH3-].[CH3-].[CH3-].[CH3-].[CH3-].[Pt]. The molecule has 0 amide bonds. The summed E-state index contributed by atoms with van der Waals surface area (Å²) in [5.74, 6) is 0. The minimum absolute atomic E-state index is 0. The van der Waals surface area contributed by atoms with Gasteiger partial charge >= 0.3 is 0 Å². The third-order valence-electron chi connectivity index (χ3n) is 0.586. The van der Waals surface area contributed by atoms with Crippen molar-refractivity contribution in [2.24, 2.45) is 0 Å². The van der Waals surface area contributed by atoms with Gasteiger partial charge in [-0.15, -0.1) is 6.42 Å². The maximum atomic E-state index is 2.99. The van der Waals surface area contributed by atoms with E-state index in [9.17, 15) is 0 Å². The Morgan fingerprint density at radius 2 is 1.07 bits per heavy atom. The molecule has 1 aliphatic rings. The summed E-state index contributed by atoms with van der Waals surface area (Å²) in [5, 5.41) is 0. The summed E-state index contributed by atoms with van der Waals surface area (Å²) in [6.07, 6.45) is 10.0. The molecule has 0 radical (unpaired) electrons. The van der Waals surface area contributed by atoms with E-state index in [4.69, 9.17) is 0 Å². The molecule has 0 aromatic heterocycles. The van der Waals surface area contributed by atoms with Crippen LogP contribution in [0, 0.1) is 65.5 Å². The first kappa shape index (κ1) is 92.0. The number of rotatable bonds is 0. The minimum Gasteiger partial charge on any atom is -0.358 e. The first-order chi connectivity index (χ1) is 2.50. The minimum atomic E-state index is 0. The van der Waals surface area contributed by atoms with Crippen molar-refractivity contribution >= 4 is 0 Å². The maximum Gasteiger partial charge on any atom is 0 e. The Bertz CT molecular complexity index is 63.3. The summed E-state index contributed by atoms with van der Waals surface area (Å²) in [7, 11) is 0. The van der Waals surface area contributed by atoms with Gasteiger partial charge in [-0.2, -0.15) is 6.08 Å². The Kier molecular flexibility index (Phi) is 480. The normalized spacial score (nSPS) is 6.29. The van der Waals surface area contributed by atoms with Crippen molar-refractivity contribution in [3.05, 3.63) is 83.7 Å². The predicted molar refractivity (Wildman–Crippen MR) is 72.9 cm³/mol. The van der Waals surface area contributed by atoms with Crippen molar-refractivity contribution < 1.29 is 21.1 Å². The second-order valence-corrected chi connectivity index (χ2v) is 1.00. The molecule has 0 nitrogen and oxygen atoms in total. The van der Waals surface area contributed by atoms with Gasteiger partial charge in [0.25, 0.3) is 0 Å². The van der Waals surface area contributed by atoms with Crippen LogP contribution in [-0.2, 0) is 21.1 Å². The number of allylic oxidation sites excluding steroid dienone is 4. The van der Waals surface area contributed by atoms with Gasteiger partial charge in [0.15, 0.2) is 0 Å². The van der Waals surface area contributed by atoms with E-state index in [-0.39, 0.29) is 80.5 Å². The summed E-state index contributed by atoms with van der Waals surface area (Å²) in [6.45, 7) is 0. The van der Waals surface area contributed by atoms with E-state index >= 15 is 0 Å². The van der Waals surface area contributed by atoms with Crippen molar-refractivity contribution in [3.63, 3.8) is 0 Å². The smallest absolute Gasteiger partial charge is 0 e. The van der Waals surface area contributed by atoms with Crippen molar-refractivity contribution in [3.8, 4) is 0 Å². The molecular weight excluding hydrogens is 351 g/mol. The Morgan fingerprint density at radius 1 is 0.714 bits per heavy atom. The molecule has 100 valence electrons. The van der Waals surface area contributed by atoms with Gasteiger partial charge in [-0.3, -0.25) is 6.08 Å². The van der Waals surface area contributed by atoms with E-state index in [1.807, 2.05) is 12.2 Å². The average Bonchev–Trinajstić information content (AvgIpc) is 1.76. The van der Waals surface area contributed by atoms with Crippen LogP contribution in [0.2, 0.25) is 0 Å². The van der Waals surface area contributed by atoms with E-state index in [1.165, 1.54) is 0 Å². The van der Waals surface area contributed by atoms with Gasteiger partial charge in [0.2, 0.25) is 0 Å². The molecule has 0 saturated heterocycles. The van der Waals surface area contributed by atoms with Gasteiger partial charge in [0.05, 0.1) is 0 Å². The van der Waals surface area contributed by atoms with Crippen LogP contribution in [0.25, 0.3) is 0 Å². The van der Waals surface area contributed by atoms with Crippen LogP contribution in [0.5, 0.6) is 0 Å². The molecular formula is C13H29Pt-9. The van der Waals surface area contributed by atoms with Crippen LogP contribution in [0.15, 0.2) is 18.2 Å². The monoisotopic (exact) mass is 380 g/mol. The Morgan fingerprint density at radius 3 is 1.14 bits per heavy atom. The van der Waals surface area contributed by atoms with Crippen molar-refractivity contribution in [2.75, 3.05) is 0 Å². The first-order valence-corrected chi connectivity index (χ1v) is 1.72. The molecule has 0 heterocycles. The van der Waals surface area contributed by atoms with Crippen LogP contribution in [0.3, 0.4) is 0 Å². The molecule has 1 heteroatoms. The van der Waals surface area contributed by atoms with E-state index in [2.05, 4.69) is 12.2 Å².